The maximum atomic E-state index is 12.3. The molecule has 25 heavy (non-hydrogen) atoms. The van der Waals surface area contributed by atoms with E-state index in [1.54, 1.807) is 20.1 Å². The van der Waals surface area contributed by atoms with Gasteiger partial charge in [0.1, 0.15) is 5.75 Å². The molecule has 0 bridgehead atoms. The Morgan fingerprint density at radius 3 is 2.28 bits per heavy atom. The molecule has 0 atom stereocenters. The SMILES string of the molecule is CCOC(=O)c1ccc(-c2ccccc2)nc1-c1ccc(OC)cc1. The second-order valence-electron chi connectivity index (χ2n) is 5.41. The number of ether oxygens (including phenoxy) is 2. The third-order valence-electron chi connectivity index (χ3n) is 3.82. The number of rotatable bonds is 5. The first-order valence-electron chi connectivity index (χ1n) is 8.11. The van der Waals surface area contributed by atoms with E-state index in [-0.39, 0.29) is 5.97 Å². The zero-order valence-electron chi connectivity index (χ0n) is 14.2. The Kier molecular flexibility index (Phi) is 5.09. The number of esters is 1. The van der Waals surface area contributed by atoms with Gasteiger partial charge < -0.3 is 9.47 Å². The fraction of sp³-hybridized carbons (Fsp3) is 0.143. The first kappa shape index (κ1) is 16.7. The molecule has 0 aliphatic heterocycles. The van der Waals surface area contributed by atoms with Gasteiger partial charge in [0.05, 0.1) is 30.7 Å². The largest absolute Gasteiger partial charge is 0.497 e. The van der Waals surface area contributed by atoms with Crippen molar-refractivity contribution in [2.45, 2.75) is 6.92 Å². The molecular formula is C21H19NO3. The highest BCUT2D eigenvalue weighted by atomic mass is 16.5. The van der Waals surface area contributed by atoms with Gasteiger partial charge in [-0.15, -0.1) is 0 Å². The van der Waals surface area contributed by atoms with Gasteiger partial charge in [0.15, 0.2) is 0 Å². The van der Waals surface area contributed by atoms with Crippen LogP contribution in [0.4, 0.5) is 0 Å². The molecule has 0 radical (unpaired) electrons. The molecule has 2 aromatic carbocycles. The molecule has 1 aromatic heterocycles. The molecule has 126 valence electrons. The van der Waals surface area contributed by atoms with E-state index >= 15 is 0 Å². The molecule has 0 saturated heterocycles. The van der Waals surface area contributed by atoms with E-state index in [2.05, 4.69) is 0 Å². The Bertz CT molecular complexity index is 858. The predicted molar refractivity (Wildman–Crippen MR) is 97.6 cm³/mol. The van der Waals surface area contributed by atoms with Crippen LogP contribution in [0.25, 0.3) is 22.5 Å². The monoisotopic (exact) mass is 333 g/mol. The number of carbonyl (C=O) groups excluding carboxylic acids is 1. The summed E-state index contributed by atoms with van der Waals surface area (Å²) in [6.45, 7) is 2.11. The summed E-state index contributed by atoms with van der Waals surface area (Å²) in [5.74, 6) is 0.376. The van der Waals surface area contributed by atoms with Crippen molar-refractivity contribution in [1.82, 2.24) is 4.98 Å². The van der Waals surface area contributed by atoms with E-state index in [1.165, 1.54) is 0 Å². The van der Waals surface area contributed by atoms with Crippen LogP contribution in [-0.4, -0.2) is 24.7 Å². The van der Waals surface area contributed by atoms with Crippen LogP contribution < -0.4 is 4.74 Å². The summed E-state index contributed by atoms with van der Waals surface area (Å²) in [6, 6.07) is 20.9. The molecule has 1 heterocycles. The number of carbonyl (C=O) groups is 1. The smallest absolute Gasteiger partial charge is 0.340 e. The van der Waals surface area contributed by atoms with E-state index in [0.717, 1.165) is 22.6 Å². The van der Waals surface area contributed by atoms with Crippen LogP contribution in [-0.2, 0) is 4.74 Å². The van der Waals surface area contributed by atoms with Crippen molar-refractivity contribution < 1.29 is 14.3 Å². The molecule has 3 rings (SSSR count). The number of nitrogens with zero attached hydrogens (tertiary/aromatic N) is 1. The van der Waals surface area contributed by atoms with Gasteiger partial charge in [0.2, 0.25) is 0 Å². The lowest BCUT2D eigenvalue weighted by atomic mass is 10.0. The van der Waals surface area contributed by atoms with Gasteiger partial charge in [-0.2, -0.15) is 0 Å². The van der Waals surface area contributed by atoms with Crippen LogP contribution in [0, 0.1) is 0 Å². The number of pyridine rings is 1. The third kappa shape index (κ3) is 3.69. The molecule has 0 saturated carbocycles. The Morgan fingerprint density at radius 1 is 0.920 bits per heavy atom. The number of methoxy groups -OCH3 is 1. The molecule has 0 aliphatic rings. The second kappa shape index (κ2) is 7.62. The normalized spacial score (nSPS) is 10.3. The van der Waals surface area contributed by atoms with E-state index in [4.69, 9.17) is 14.5 Å². The van der Waals surface area contributed by atoms with Gasteiger partial charge in [-0.05, 0) is 43.3 Å². The van der Waals surface area contributed by atoms with Crippen LogP contribution >= 0.6 is 0 Å². The average molecular weight is 333 g/mol. The van der Waals surface area contributed by atoms with Gasteiger partial charge in [0.25, 0.3) is 0 Å². The van der Waals surface area contributed by atoms with Crippen LogP contribution in [0.3, 0.4) is 0 Å². The summed E-state index contributed by atoms with van der Waals surface area (Å²) in [5.41, 5.74) is 3.68. The van der Waals surface area contributed by atoms with Crippen molar-refractivity contribution in [2.75, 3.05) is 13.7 Å². The minimum atomic E-state index is -0.375. The summed E-state index contributed by atoms with van der Waals surface area (Å²) < 4.78 is 10.4. The molecule has 0 fully saturated rings. The van der Waals surface area contributed by atoms with Crippen molar-refractivity contribution in [1.29, 1.82) is 0 Å². The van der Waals surface area contributed by atoms with Crippen LogP contribution in [0.5, 0.6) is 5.75 Å². The second-order valence-corrected chi connectivity index (χ2v) is 5.41. The Balaban J connectivity index is 2.11. The average Bonchev–Trinajstić information content (AvgIpc) is 2.68. The van der Waals surface area contributed by atoms with E-state index in [1.807, 2.05) is 60.7 Å². The Labute approximate surface area is 147 Å². The van der Waals surface area contributed by atoms with Crippen molar-refractivity contribution in [2.24, 2.45) is 0 Å². The standard InChI is InChI=1S/C21H19NO3/c1-3-25-21(23)18-13-14-19(15-7-5-4-6-8-15)22-20(18)16-9-11-17(24-2)12-10-16/h4-14H,3H2,1-2H3. The van der Waals surface area contributed by atoms with Crippen LogP contribution in [0.1, 0.15) is 17.3 Å². The summed E-state index contributed by atoms with van der Waals surface area (Å²) in [6.07, 6.45) is 0. The highest BCUT2D eigenvalue weighted by Crippen LogP contribution is 2.28. The fourth-order valence-electron chi connectivity index (χ4n) is 2.57. The van der Waals surface area contributed by atoms with E-state index in [0.29, 0.717) is 17.9 Å². The molecule has 4 nitrogen and oxygen atoms in total. The van der Waals surface area contributed by atoms with Crippen molar-refractivity contribution in [3.63, 3.8) is 0 Å². The highest BCUT2D eigenvalue weighted by Gasteiger charge is 2.17. The topological polar surface area (TPSA) is 48.4 Å². The maximum absolute atomic E-state index is 12.3. The minimum absolute atomic E-state index is 0.321. The number of aromatic nitrogens is 1. The van der Waals surface area contributed by atoms with Crippen LogP contribution in [0.2, 0.25) is 0 Å². The molecule has 0 spiro atoms. The maximum Gasteiger partial charge on any atom is 0.340 e. The Hall–Kier alpha value is -3.14. The first-order valence-corrected chi connectivity index (χ1v) is 8.11. The molecule has 3 aromatic rings. The summed E-state index contributed by atoms with van der Waals surface area (Å²) >= 11 is 0. The summed E-state index contributed by atoms with van der Waals surface area (Å²) in [7, 11) is 1.62. The summed E-state index contributed by atoms with van der Waals surface area (Å²) in [5, 5.41) is 0. The van der Waals surface area contributed by atoms with Crippen molar-refractivity contribution in [3.05, 3.63) is 72.3 Å². The van der Waals surface area contributed by atoms with Gasteiger partial charge in [0, 0.05) is 11.1 Å². The van der Waals surface area contributed by atoms with E-state index < -0.39 is 0 Å². The van der Waals surface area contributed by atoms with Gasteiger partial charge in [-0.1, -0.05) is 30.3 Å². The van der Waals surface area contributed by atoms with Crippen molar-refractivity contribution in [3.8, 4) is 28.3 Å². The van der Waals surface area contributed by atoms with Gasteiger partial charge >= 0.3 is 5.97 Å². The predicted octanol–water partition coefficient (Wildman–Crippen LogP) is 4.60. The lowest BCUT2D eigenvalue weighted by Gasteiger charge is -2.11. The van der Waals surface area contributed by atoms with Crippen molar-refractivity contribution >= 4 is 5.97 Å². The zero-order valence-corrected chi connectivity index (χ0v) is 14.2. The third-order valence-corrected chi connectivity index (χ3v) is 3.82. The minimum Gasteiger partial charge on any atom is -0.497 e. The van der Waals surface area contributed by atoms with Gasteiger partial charge in [-0.3, -0.25) is 0 Å². The fourth-order valence-corrected chi connectivity index (χ4v) is 2.57. The molecule has 4 heteroatoms. The number of benzene rings is 2. The molecule has 0 unspecified atom stereocenters. The molecular weight excluding hydrogens is 314 g/mol. The molecule has 0 aliphatic carbocycles. The van der Waals surface area contributed by atoms with Gasteiger partial charge in [-0.25, -0.2) is 9.78 Å². The lowest BCUT2D eigenvalue weighted by Crippen LogP contribution is -2.08. The zero-order chi connectivity index (χ0) is 17.6. The highest BCUT2D eigenvalue weighted by molar-refractivity contribution is 5.96. The van der Waals surface area contributed by atoms with Crippen LogP contribution in [0.15, 0.2) is 66.7 Å². The lowest BCUT2D eigenvalue weighted by molar-refractivity contribution is 0.0527. The Morgan fingerprint density at radius 2 is 1.64 bits per heavy atom. The first-order chi connectivity index (χ1) is 12.2. The summed E-state index contributed by atoms with van der Waals surface area (Å²) in [4.78, 5) is 17.1. The number of hydrogen-bond donors (Lipinski definition) is 0. The van der Waals surface area contributed by atoms with E-state index in [9.17, 15) is 4.79 Å². The quantitative estimate of drug-likeness (QED) is 0.640. The molecule has 0 amide bonds. The number of hydrogen-bond acceptors (Lipinski definition) is 4. The molecule has 0 N–H and O–H groups in total.